The van der Waals surface area contributed by atoms with E-state index in [1.54, 1.807) is 68.0 Å². The van der Waals surface area contributed by atoms with Gasteiger partial charge in [-0.2, -0.15) is 4.98 Å². The molecule has 2 aromatic carbocycles. The number of ether oxygens (including phenoxy) is 1. The second-order valence-electron chi connectivity index (χ2n) is 9.71. The van der Waals surface area contributed by atoms with E-state index in [0.717, 1.165) is 43.4 Å². The van der Waals surface area contributed by atoms with Crippen molar-refractivity contribution >= 4 is 35.1 Å². The van der Waals surface area contributed by atoms with Crippen LogP contribution in [0.4, 0.5) is 0 Å². The highest BCUT2D eigenvalue weighted by molar-refractivity contribution is 7.99. The Bertz CT molecular complexity index is 1540. The molecule has 8 nitrogen and oxygen atoms in total. The molecule has 0 N–H and O–H groups in total. The first-order chi connectivity index (χ1) is 20.4. The average Bonchev–Trinajstić information content (AvgIpc) is 3.00. The minimum atomic E-state index is -0.404. The molecule has 0 amide bonds. The molecule has 0 aliphatic heterocycles. The number of esters is 1. The van der Waals surface area contributed by atoms with Crippen LogP contribution in [0.5, 0.6) is 0 Å². The number of ketones is 1. The van der Waals surface area contributed by atoms with Gasteiger partial charge in [0.15, 0.2) is 10.9 Å². The van der Waals surface area contributed by atoms with Crippen molar-refractivity contribution in [1.29, 1.82) is 0 Å². The van der Waals surface area contributed by atoms with Crippen molar-refractivity contribution < 1.29 is 14.3 Å². The summed E-state index contributed by atoms with van der Waals surface area (Å²) in [5.74, 6) is 0.514. The number of thioether (sulfide) groups is 1. The molecule has 0 bridgehead atoms. The summed E-state index contributed by atoms with van der Waals surface area (Å²) in [6.45, 7) is 2.05. The summed E-state index contributed by atoms with van der Waals surface area (Å²) in [5.41, 5.74) is 2.85. The van der Waals surface area contributed by atoms with Crippen molar-refractivity contribution in [2.24, 2.45) is 0 Å². The third kappa shape index (κ3) is 9.09. The van der Waals surface area contributed by atoms with Gasteiger partial charge in [0.25, 0.3) is 5.56 Å². The summed E-state index contributed by atoms with van der Waals surface area (Å²) in [4.78, 5) is 50.2. The van der Waals surface area contributed by atoms with Crippen LogP contribution in [-0.2, 0) is 11.2 Å². The summed E-state index contributed by atoms with van der Waals surface area (Å²) >= 11 is 7.41. The largest absolute Gasteiger partial charge is 0.462 e. The molecule has 0 saturated carbocycles. The zero-order chi connectivity index (χ0) is 29.7. The van der Waals surface area contributed by atoms with E-state index in [0.29, 0.717) is 45.4 Å². The van der Waals surface area contributed by atoms with Gasteiger partial charge in [-0.1, -0.05) is 48.7 Å². The highest BCUT2D eigenvalue weighted by Crippen LogP contribution is 2.23. The number of halogens is 1. The monoisotopic (exact) mass is 604 g/mol. The van der Waals surface area contributed by atoms with E-state index < -0.39 is 5.97 Å². The number of benzene rings is 2. The van der Waals surface area contributed by atoms with Crippen LogP contribution in [-0.4, -0.2) is 43.6 Å². The van der Waals surface area contributed by atoms with Crippen molar-refractivity contribution in [2.45, 2.75) is 57.0 Å². The van der Waals surface area contributed by atoms with Gasteiger partial charge < -0.3 is 4.74 Å². The minimum absolute atomic E-state index is 0.140. The third-order valence-electron chi connectivity index (χ3n) is 6.55. The first-order valence-corrected chi connectivity index (χ1v) is 15.4. The van der Waals surface area contributed by atoms with Crippen LogP contribution in [0.3, 0.4) is 0 Å². The van der Waals surface area contributed by atoms with Crippen LogP contribution in [0.1, 0.15) is 77.3 Å². The predicted molar refractivity (Wildman–Crippen MR) is 165 cm³/mol. The van der Waals surface area contributed by atoms with E-state index in [4.69, 9.17) is 16.3 Å². The van der Waals surface area contributed by atoms with Crippen LogP contribution in [0.2, 0.25) is 5.02 Å². The van der Waals surface area contributed by atoms with Gasteiger partial charge in [-0.3, -0.25) is 14.2 Å². The first kappa shape index (κ1) is 31.1. The van der Waals surface area contributed by atoms with Crippen LogP contribution in [0.15, 0.2) is 83.4 Å². The van der Waals surface area contributed by atoms with E-state index in [-0.39, 0.29) is 17.9 Å². The molecule has 0 saturated heterocycles. The van der Waals surface area contributed by atoms with Gasteiger partial charge in [0, 0.05) is 59.0 Å². The van der Waals surface area contributed by atoms with Crippen molar-refractivity contribution in [3.05, 3.63) is 111 Å². The van der Waals surface area contributed by atoms with E-state index in [9.17, 15) is 14.4 Å². The summed E-state index contributed by atoms with van der Waals surface area (Å²) < 4.78 is 7.03. The number of rotatable bonds is 15. The topological polar surface area (TPSA) is 104 Å². The molecule has 0 unspecified atom stereocenters. The Balaban J connectivity index is 1.37. The molecular weight excluding hydrogens is 572 g/mol. The molecule has 218 valence electrons. The van der Waals surface area contributed by atoms with Gasteiger partial charge in [-0.25, -0.2) is 14.8 Å². The van der Waals surface area contributed by atoms with E-state index in [1.165, 1.54) is 18.1 Å². The average molecular weight is 605 g/mol. The normalized spacial score (nSPS) is 10.9. The molecule has 0 radical (unpaired) electrons. The van der Waals surface area contributed by atoms with Gasteiger partial charge >= 0.3 is 5.97 Å². The molecule has 0 aliphatic rings. The fraction of sp³-hybridized carbons (Fsp3) is 0.312. The Kier molecular flexibility index (Phi) is 11.8. The highest BCUT2D eigenvalue weighted by Gasteiger charge is 2.14. The zero-order valence-corrected chi connectivity index (χ0v) is 25.1. The molecule has 0 atom stereocenters. The Morgan fingerprint density at radius 1 is 0.952 bits per heavy atom. The minimum Gasteiger partial charge on any atom is -0.462 e. The molecule has 2 aromatic heterocycles. The summed E-state index contributed by atoms with van der Waals surface area (Å²) in [6, 6.07) is 14.1. The lowest BCUT2D eigenvalue weighted by atomic mass is 10.0. The van der Waals surface area contributed by atoms with Crippen molar-refractivity contribution in [3.63, 3.8) is 0 Å². The standard InChI is InChI=1S/C32H33ClN4O4S/c1-2-41-31(40)25-9-8-10-28(18-25)37-21-26(17-23-19-34-22-35-20-23)30(39)36-32(37)42-16-7-5-3-4-6-11-29(38)24-12-14-27(33)15-13-24/h8-10,12-15,18-22H,2-7,11,16-17H2,1H3. The van der Waals surface area contributed by atoms with Gasteiger partial charge in [0.1, 0.15) is 6.33 Å². The summed E-state index contributed by atoms with van der Waals surface area (Å²) in [5, 5.41) is 1.18. The predicted octanol–water partition coefficient (Wildman–Crippen LogP) is 6.76. The Hall–Kier alpha value is -3.82. The zero-order valence-electron chi connectivity index (χ0n) is 23.5. The van der Waals surface area contributed by atoms with E-state index in [2.05, 4.69) is 15.0 Å². The summed E-state index contributed by atoms with van der Waals surface area (Å²) in [6.07, 6.45) is 12.3. The number of nitrogens with zero attached hydrogens (tertiary/aromatic N) is 4. The number of hydrogen-bond donors (Lipinski definition) is 0. The van der Waals surface area contributed by atoms with E-state index >= 15 is 0 Å². The molecule has 0 fully saturated rings. The molecule has 2 heterocycles. The Morgan fingerprint density at radius 3 is 2.45 bits per heavy atom. The lowest BCUT2D eigenvalue weighted by molar-refractivity contribution is 0.0526. The first-order valence-electron chi connectivity index (χ1n) is 14.0. The number of carbonyl (C=O) groups is 2. The lowest BCUT2D eigenvalue weighted by Crippen LogP contribution is -2.19. The second kappa shape index (κ2) is 16.0. The Labute approximate surface area is 254 Å². The fourth-order valence-electron chi connectivity index (χ4n) is 4.39. The van der Waals surface area contributed by atoms with Crippen LogP contribution >= 0.6 is 23.4 Å². The molecule has 4 rings (SSSR count). The number of aromatic nitrogens is 4. The summed E-state index contributed by atoms with van der Waals surface area (Å²) in [7, 11) is 0. The smallest absolute Gasteiger partial charge is 0.338 e. The van der Waals surface area contributed by atoms with E-state index in [1.807, 2.05) is 10.6 Å². The number of Topliss-reactive ketones (excluding diaryl/α,β-unsaturated/α-hetero) is 1. The van der Waals surface area contributed by atoms with Crippen molar-refractivity contribution in [2.75, 3.05) is 12.4 Å². The molecular formula is C32H33ClN4O4S. The van der Waals surface area contributed by atoms with Gasteiger partial charge in [0.2, 0.25) is 0 Å². The Morgan fingerprint density at radius 2 is 1.69 bits per heavy atom. The third-order valence-corrected chi connectivity index (χ3v) is 7.84. The van der Waals surface area contributed by atoms with Crippen LogP contribution in [0, 0.1) is 0 Å². The molecule has 42 heavy (non-hydrogen) atoms. The maximum absolute atomic E-state index is 13.0. The fourth-order valence-corrected chi connectivity index (χ4v) is 5.49. The van der Waals surface area contributed by atoms with Gasteiger partial charge in [0.05, 0.1) is 12.2 Å². The number of unbranched alkanes of at least 4 members (excludes halogenated alkanes) is 4. The number of hydrogen-bond acceptors (Lipinski definition) is 8. The maximum atomic E-state index is 13.0. The SMILES string of the molecule is CCOC(=O)c1cccc(-n2cc(Cc3cncnc3)c(=O)nc2SCCCCCCCC(=O)c2ccc(Cl)cc2)c1. The van der Waals surface area contributed by atoms with Crippen molar-refractivity contribution in [1.82, 2.24) is 19.5 Å². The quantitative estimate of drug-likeness (QED) is 0.0482. The van der Waals surface area contributed by atoms with Crippen molar-refractivity contribution in [3.8, 4) is 5.69 Å². The number of carbonyl (C=O) groups excluding carboxylic acids is 2. The van der Waals surface area contributed by atoms with Gasteiger partial charge in [-0.05, 0) is 67.8 Å². The maximum Gasteiger partial charge on any atom is 0.338 e. The molecule has 10 heteroatoms. The highest BCUT2D eigenvalue weighted by atomic mass is 35.5. The van der Waals surface area contributed by atoms with Crippen LogP contribution in [0.25, 0.3) is 5.69 Å². The molecule has 0 spiro atoms. The van der Waals surface area contributed by atoms with Crippen LogP contribution < -0.4 is 5.56 Å². The van der Waals surface area contributed by atoms with Gasteiger partial charge in [-0.15, -0.1) is 0 Å². The lowest BCUT2D eigenvalue weighted by Gasteiger charge is -2.15. The molecule has 4 aromatic rings. The second-order valence-corrected chi connectivity index (χ2v) is 11.2. The molecule has 0 aliphatic carbocycles.